The zero-order chi connectivity index (χ0) is 45.8. The molecular formula is C57H98O6. The molecule has 0 aromatic rings. The summed E-state index contributed by atoms with van der Waals surface area (Å²) in [4.78, 5) is 38.0. The van der Waals surface area contributed by atoms with Crippen molar-refractivity contribution in [2.45, 2.75) is 258 Å². The number of esters is 3. The second-order valence-corrected chi connectivity index (χ2v) is 17.5. The topological polar surface area (TPSA) is 78.9 Å². The van der Waals surface area contributed by atoms with Crippen LogP contribution in [0.5, 0.6) is 0 Å². The first-order valence-electron chi connectivity index (χ1n) is 26.5. The first-order valence-corrected chi connectivity index (χ1v) is 26.5. The maximum Gasteiger partial charge on any atom is 0.306 e. The largest absolute Gasteiger partial charge is 0.462 e. The minimum atomic E-state index is -0.801. The molecule has 362 valence electrons. The zero-order valence-electron chi connectivity index (χ0n) is 41.3. The molecule has 0 aliphatic heterocycles. The van der Waals surface area contributed by atoms with Crippen molar-refractivity contribution in [3.8, 4) is 0 Å². The van der Waals surface area contributed by atoms with Gasteiger partial charge in [0.05, 0.1) is 0 Å². The van der Waals surface area contributed by atoms with Gasteiger partial charge in [0.15, 0.2) is 6.10 Å². The van der Waals surface area contributed by atoms with Crippen molar-refractivity contribution in [1.29, 1.82) is 0 Å². The quantitative estimate of drug-likeness (QED) is 0.0199. The van der Waals surface area contributed by atoms with Crippen LogP contribution in [-0.2, 0) is 28.6 Å². The van der Waals surface area contributed by atoms with Gasteiger partial charge in [-0.3, -0.25) is 14.4 Å². The van der Waals surface area contributed by atoms with E-state index in [2.05, 4.69) is 45.1 Å². The van der Waals surface area contributed by atoms with Crippen molar-refractivity contribution >= 4 is 17.9 Å². The third-order valence-electron chi connectivity index (χ3n) is 11.3. The molecule has 0 aromatic carbocycles. The van der Waals surface area contributed by atoms with Crippen LogP contribution in [0.3, 0.4) is 0 Å². The first kappa shape index (κ1) is 59.9. The van der Waals surface area contributed by atoms with Gasteiger partial charge in [-0.2, -0.15) is 0 Å². The standard InChI is InChI=1S/C57H98O6/c1-4-7-10-13-16-19-22-25-27-28-30-32-35-38-41-44-47-50-56(59)62-53-54(52-61-55(58)49-46-43-40-37-34-31-24-21-18-15-12-9-6-3)63-57(60)51-48-45-42-39-36-33-29-26-23-20-17-14-11-8-5-2/h8,11,14,17,20,23,26,29,31,33-34,36,54H,4-7,9-10,12-13,15-16,18-19,21-22,24-25,27-28,30,32,35,37-53H2,1-3H3/b11-8-,17-14-,23-20-,29-26-,34-31-,36-33-. The maximum atomic E-state index is 12.8. The summed E-state index contributed by atoms with van der Waals surface area (Å²) in [7, 11) is 0. The summed E-state index contributed by atoms with van der Waals surface area (Å²) in [5.41, 5.74) is 0. The van der Waals surface area contributed by atoms with E-state index in [0.717, 1.165) is 77.0 Å². The molecule has 1 unspecified atom stereocenters. The molecule has 0 bridgehead atoms. The third kappa shape index (κ3) is 49.7. The van der Waals surface area contributed by atoms with E-state index in [4.69, 9.17) is 14.2 Å². The van der Waals surface area contributed by atoms with Crippen LogP contribution in [0, 0.1) is 0 Å². The lowest BCUT2D eigenvalue weighted by atomic mass is 10.0. The van der Waals surface area contributed by atoms with Gasteiger partial charge in [-0.25, -0.2) is 0 Å². The van der Waals surface area contributed by atoms with E-state index in [1.54, 1.807) is 0 Å². The molecule has 0 amide bonds. The van der Waals surface area contributed by atoms with E-state index in [-0.39, 0.29) is 37.5 Å². The molecular weight excluding hydrogens is 781 g/mol. The molecule has 0 radical (unpaired) electrons. The fourth-order valence-corrected chi connectivity index (χ4v) is 7.34. The summed E-state index contributed by atoms with van der Waals surface area (Å²) in [6.07, 6.45) is 64.6. The Labute approximate surface area is 389 Å². The summed E-state index contributed by atoms with van der Waals surface area (Å²) in [5.74, 6) is -0.950. The van der Waals surface area contributed by atoms with Crippen molar-refractivity contribution in [2.24, 2.45) is 0 Å². The third-order valence-corrected chi connectivity index (χ3v) is 11.3. The molecule has 1 atom stereocenters. The Morgan fingerprint density at radius 1 is 0.333 bits per heavy atom. The smallest absolute Gasteiger partial charge is 0.306 e. The molecule has 0 aliphatic rings. The summed E-state index contributed by atoms with van der Waals surface area (Å²) >= 11 is 0. The normalized spacial score (nSPS) is 12.6. The molecule has 0 spiro atoms. The van der Waals surface area contributed by atoms with Gasteiger partial charge in [0.25, 0.3) is 0 Å². The average Bonchev–Trinajstić information content (AvgIpc) is 3.28. The van der Waals surface area contributed by atoms with E-state index in [1.165, 1.54) is 128 Å². The minimum Gasteiger partial charge on any atom is -0.462 e. The van der Waals surface area contributed by atoms with Gasteiger partial charge in [0, 0.05) is 19.3 Å². The molecule has 0 saturated carbocycles. The number of hydrogen-bond donors (Lipinski definition) is 0. The molecule has 6 nitrogen and oxygen atoms in total. The van der Waals surface area contributed by atoms with Crippen LogP contribution in [0.2, 0.25) is 0 Å². The van der Waals surface area contributed by atoms with Crippen molar-refractivity contribution in [2.75, 3.05) is 13.2 Å². The highest BCUT2D eigenvalue weighted by Gasteiger charge is 2.19. The lowest BCUT2D eigenvalue weighted by Gasteiger charge is -2.18. The Morgan fingerprint density at radius 2 is 0.635 bits per heavy atom. The number of unbranched alkanes of at least 4 members (excludes halogenated alkanes) is 28. The number of rotatable bonds is 47. The summed E-state index contributed by atoms with van der Waals surface area (Å²) < 4.78 is 16.8. The molecule has 0 saturated heterocycles. The predicted octanol–water partition coefficient (Wildman–Crippen LogP) is 17.4. The predicted molar refractivity (Wildman–Crippen MR) is 270 cm³/mol. The average molecular weight is 879 g/mol. The fourth-order valence-electron chi connectivity index (χ4n) is 7.34. The molecule has 0 aromatic heterocycles. The molecule has 63 heavy (non-hydrogen) atoms. The van der Waals surface area contributed by atoms with Crippen LogP contribution >= 0.6 is 0 Å². The van der Waals surface area contributed by atoms with E-state index < -0.39 is 6.10 Å². The molecule has 6 heteroatoms. The molecule has 0 rings (SSSR count). The van der Waals surface area contributed by atoms with Gasteiger partial charge in [0.1, 0.15) is 13.2 Å². The molecule has 0 N–H and O–H groups in total. The Morgan fingerprint density at radius 3 is 1.03 bits per heavy atom. The van der Waals surface area contributed by atoms with Gasteiger partial charge in [0.2, 0.25) is 0 Å². The van der Waals surface area contributed by atoms with Gasteiger partial charge in [-0.15, -0.1) is 0 Å². The SMILES string of the molecule is CC\C=C/C=C\C=C/C=C\C=C/CCCCCC(=O)OC(COC(=O)CCCCC/C=C\CCCCCCCC)COC(=O)CCCCCCCCCCCCCCCCCCC. The van der Waals surface area contributed by atoms with Gasteiger partial charge in [-0.05, 0) is 64.2 Å². The van der Waals surface area contributed by atoms with E-state index in [9.17, 15) is 14.4 Å². The Kier molecular flexibility index (Phi) is 48.9. The fraction of sp³-hybridized carbons (Fsp3) is 0.737. The summed E-state index contributed by atoms with van der Waals surface area (Å²) in [6.45, 7) is 6.45. The second-order valence-electron chi connectivity index (χ2n) is 17.5. The number of hydrogen-bond acceptors (Lipinski definition) is 6. The number of allylic oxidation sites excluding steroid dienone is 12. The van der Waals surface area contributed by atoms with Gasteiger partial charge >= 0.3 is 17.9 Å². The number of carbonyl (C=O) groups excluding carboxylic acids is 3. The van der Waals surface area contributed by atoms with Crippen molar-refractivity contribution in [3.05, 3.63) is 72.9 Å². The lowest BCUT2D eigenvalue weighted by Crippen LogP contribution is -2.30. The van der Waals surface area contributed by atoms with E-state index >= 15 is 0 Å². The summed E-state index contributed by atoms with van der Waals surface area (Å²) in [5, 5.41) is 0. The second kappa shape index (κ2) is 51.5. The van der Waals surface area contributed by atoms with Crippen molar-refractivity contribution < 1.29 is 28.6 Å². The van der Waals surface area contributed by atoms with Crippen LogP contribution in [-0.4, -0.2) is 37.2 Å². The highest BCUT2D eigenvalue weighted by Crippen LogP contribution is 2.15. The van der Waals surface area contributed by atoms with Crippen molar-refractivity contribution in [3.63, 3.8) is 0 Å². The highest BCUT2D eigenvalue weighted by atomic mass is 16.6. The van der Waals surface area contributed by atoms with Crippen LogP contribution in [0.25, 0.3) is 0 Å². The molecule has 0 fully saturated rings. The van der Waals surface area contributed by atoms with E-state index in [1.807, 2.05) is 48.6 Å². The van der Waals surface area contributed by atoms with E-state index in [0.29, 0.717) is 19.3 Å². The monoisotopic (exact) mass is 879 g/mol. The first-order chi connectivity index (χ1) is 31.0. The van der Waals surface area contributed by atoms with Crippen molar-refractivity contribution in [1.82, 2.24) is 0 Å². The lowest BCUT2D eigenvalue weighted by molar-refractivity contribution is -0.167. The summed E-state index contributed by atoms with van der Waals surface area (Å²) in [6, 6.07) is 0. The van der Waals surface area contributed by atoms with Gasteiger partial charge < -0.3 is 14.2 Å². The number of ether oxygens (including phenoxy) is 3. The van der Waals surface area contributed by atoms with Crippen LogP contribution in [0.1, 0.15) is 252 Å². The van der Waals surface area contributed by atoms with Gasteiger partial charge in [-0.1, -0.05) is 241 Å². The Balaban J connectivity index is 4.44. The minimum absolute atomic E-state index is 0.0957. The van der Waals surface area contributed by atoms with Crippen LogP contribution in [0.4, 0.5) is 0 Å². The maximum absolute atomic E-state index is 12.8. The van der Waals surface area contributed by atoms with Crippen LogP contribution in [0.15, 0.2) is 72.9 Å². The molecule has 0 heterocycles. The highest BCUT2D eigenvalue weighted by molar-refractivity contribution is 5.71. The zero-order valence-corrected chi connectivity index (χ0v) is 41.3. The number of carbonyl (C=O) groups is 3. The Hall–Kier alpha value is -3.15. The van der Waals surface area contributed by atoms with Crippen LogP contribution < -0.4 is 0 Å². The Bertz CT molecular complexity index is 1190. The molecule has 0 aliphatic carbocycles.